The number of halogens is 2. The second-order valence-corrected chi connectivity index (χ2v) is 5.97. The van der Waals surface area contributed by atoms with E-state index in [1.807, 2.05) is 38.1 Å². The van der Waals surface area contributed by atoms with E-state index in [2.05, 4.69) is 31.2 Å². The van der Waals surface area contributed by atoms with E-state index < -0.39 is 0 Å². The van der Waals surface area contributed by atoms with Crippen molar-refractivity contribution in [2.75, 3.05) is 0 Å². The number of hydrogen-bond acceptors (Lipinski definition) is 3. The summed E-state index contributed by atoms with van der Waals surface area (Å²) in [6.07, 6.45) is 0.667. The lowest BCUT2D eigenvalue weighted by Gasteiger charge is -2.05. The van der Waals surface area contributed by atoms with E-state index in [0.717, 1.165) is 32.6 Å². The number of aryl methyl sites for hydroxylation is 1. The predicted octanol–water partition coefficient (Wildman–Crippen LogP) is 3.75. The van der Waals surface area contributed by atoms with Gasteiger partial charge in [-0.2, -0.15) is 9.61 Å². The molecule has 1 aromatic carbocycles. The summed E-state index contributed by atoms with van der Waals surface area (Å²) in [6, 6.07) is 8.12. The number of fused-ring (bicyclic) bond motifs is 1. The van der Waals surface area contributed by atoms with Crippen LogP contribution in [0.25, 0.3) is 5.65 Å². The summed E-state index contributed by atoms with van der Waals surface area (Å²) >= 11 is 9.58. The molecule has 0 aliphatic rings. The van der Waals surface area contributed by atoms with Crippen LogP contribution in [0.2, 0.25) is 5.15 Å². The maximum Gasteiger partial charge on any atom is 0.181 e. The van der Waals surface area contributed by atoms with Crippen molar-refractivity contribution in [2.45, 2.75) is 20.3 Å². The minimum Gasteiger partial charge on any atom is -0.195 e. The Morgan fingerprint density at radius 2 is 1.80 bits per heavy atom. The molecule has 0 N–H and O–H groups in total. The molecule has 0 unspecified atom stereocenters. The topological polar surface area (TPSA) is 43.1 Å². The van der Waals surface area contributed by atoms with Crippen molar-refractivity contribution in [3.63, 3.8) is 0 Å². The molecule has 0 bridgehead atoms. The molecular formula is C14H12BrClN4. The predicted molar refractivity (Wildman–Crippen MR) is 82.2 cm³/mol. The Balaban J connectivity index is 2.06. The smallest absolute Gasteiger partial charge is 0.181 e. The molecule has 4 nitrogen and oxygen atoms in total. The van der Waals surface area contributed by atoms with Crippen molar-refractivity contribution in [1.29, 1.82) is 0 Å². The van der Waals surface area contributed by atoms with Gasteiger partial charge >= 0.3 is 0 Å². The van der Waals surface area contributed by atoms with E-state index >= 15 is 0 Å². The molecule has 0 fully saturated rings. The molecule has 3 aromatic rings. The molecule has 0 saturated heterocycles. The lowest BCUT2D eigenvalue weighted by atomic mass is 10.1. The van der Waals surface area contributed by atoms with Crippen molar-refractivity contribution >= 4 is 33.2 Å². The Bertz CT molecular complexity index is 780. The highest BCUT2D eigenvalue weighted by Crippen LogP contribution is 2.20. The number of benzene rings is 1. The van der Waals surface area contributed by atoms with Crippen molar-refractivity contribution in [2.24, 2.45) is 0 Å². The van der Waals surface area contributed by atoms with Gasteiger partial charge in [0, 0.05) is 16.5 Å². The van der Waals surface area contributed by atoms with E-state index in [1.165, 1.54) is 0 Å². The van der Waals surface area contributed by atoms with Crippen LogP contribution in [0.15, 0.2) is 28.7 Å². The van der Waals surface area contributed by atoms with Crippen LogP contribution in [0.5, 0.6) is 0 Å². The van der Waals surface area contributed by atoms with Crippen molar-refractivity contribution < 1.29 is 0 Å². The van der Waals surface area contributed by atoms with Crippen molar-refractivity contribution in [3.8, 4) is 0 Å². The quantitative estimate of drug-likeness (QED) is 0.706. The van der Waals surface area contributed by atoms with Crippen LogP contribution < -0.4 is 0 Å². The standard InChI is InChI=1S/C14H12BrClN4/c1-8-9(2)14-18-17-12(20(14)19-13(8)16)7-10-3-5-11(15)6-4-10/h3-6H,7H2,1-2H3. The fraction of sp³-hybridized carbons (Fsp3) is 0.214. The summed E-state index contributed by atoms with van der Waals surface area (Å²) in [6.45, 7) is 3.92. The zero-order chi connectivity index (χ0) is 14.3. The van der Waals surface area contributed by atoms with Crippen molar-refractivity contribution in [3.05, 3.63) is 56.4 Å². The van der Waals surface area contributed by atoms with Crippen LogP contribution in [0.3, 0.4) is 0 Å². The zero-order valence-electron chi connectivity index (χ0n) is 11.1. The normalized spacial score (nSPS) is 11.2. The zero-order valence-corrected chi connectivity index (χ0v) is 13.4. The summed E-state index contributed by atoms with van der Waals surface area (Å²) in [4.78, 5) is 0. The summed E-state index contributed by atoms with van der Waals surface area (Å²) in [5.74, 6) is 0.785. The molecule has 6 heteroatoms. The highest BCUT2D eigenvalue weighted by atomic mass is 79.9. The van der Waals surface area contributed by atoms with Gasteiger partial charge in [-0.3, -0.25) is 0 Å². The minimum atomic E-state index is 0.492. The molecular weight excluding hydrogens is 340 g/mol. The van der Waals surface area contributed by atoms with E-state index in [0.29, 0.717) is 11.6 Å². The fourth-order valence-electron chi connectivity index (χ4n) is 2.03. The third kappa shape index (κ3) is 2.31. The molecule has 0 radical (unpaired) electrons. The van der Waals surface area contributed by atoms with Crippen LogP contribution in [0.4, 0.5) is 0 Å². The molecule has 3 rings (SSSR count). The lowest BCUT2D eigenvalue weighted by molar-refractivity contribution is 0.831. The minimum absolute atomic E-state index is 0.492. The molecule has 0 amide bonds. The molecule has 0 aliphatic carbocycles. The maximum absolute atomic E-state index is 6.15. The molecule has 2 heterocycles. The second-order valence-electron chi connectivity index (χ2n) is 4.70. The summed E-state index contributed by atoms with van der Waals surface area (Å²) in [5, 5.41) is 13.3. The number of aromatic nitrogens is 4. The fourth-order valence-corrected chi connectivity index (χ4v) is 2.51. The van der Waals surface area contributed by atoms with Crippen molar-refractivity contribution in [1.82, 2.24) is 19.8 Å². The summed E-state index contributed by atoms with van der Waals surface area (Å²) in [7, 11) is 0. The monoisotopic (exact) mass is 350 g/mol. The number of nitrogens with zero attached hydrogens (tertiary/aromatic N) is 4. The molecule has 0 saturated carbocycles. The van der Waals surface area contributed by atoms with Gasteiger partial charge in [0.05, 0.1) is 0 Å². The first-order valence-electron chi connectivity index (χ1n) is 6.17. The van der Waals surface area contributed by atoms with Crippen LogP contribution in [0.1, 0.15) is 22.5 Å². The Morgan fingerprint density at radius 1 is 1.10 bits per heavy atom. The molecule has 2 aromatic heterocycles. The number of hydrogen-bond donors (Lipinski definition) is 0. The lowest BCUT2D eigenvalue weighted by Crippen LogP contribution is -2.03. The number of rotatable bonds is 2. The van der Waals surface area contributed by atoms with Gasteiger partial charge in [-0.25, -0.2) is 0 Å². The third-order valence-electron chi connectivity index (χ3n) is 3.38. The first-order valence-corrected chi connectivity index (χ1v) is 7.35. The Hall–Kier alpha value is -1.46. The van der Waals surface area contributed by atoms with Crippen LogP contribution >= 0.6 is 27.5 Å². The van der Waals surface area contributed by atoms with E-state index in [4.69, 9.17) is 11.6 Å². The van der Waals surface area contributed by atoms with Gasteiger partial charge in [0.2, 0.25) is 0 Å². The average Bonchev–Trinajstić information content (AvgIpc) is 2.82. The van der Waals surface area contributed by atoms with Crippen LogP contribution in [-0.2, 0) is 6.42 Å². The highest BCUT2D eigenvalue weighted by molar-refractivity contribution is 9.10. The average molecular weight is 352 g/mol. The van der Waals surface area contributed by atoms with E-state index in [1.54, 1.807) is 4.52 Å². The van der Waals surface area contributed by atoms with Gasteiger partial charge < -0.3 is 0 Å². The molecule has 0 atom stereocenters. The van der Waals surface area contributed by atoms with Gasteiger partial charge in [-0.05, 0) is 37.1 Å². The Morgan fingerprint density at radius 3 is 2.50 bits per heavy atom. The van der Waals surface area contributed by atoms with Gasteiger partial charge in [0.15, 0.2) is 16.6 Å². The SMILES string of the molecule is Cc1c(Cl)nn2c(Cc3ccc(Br)cc3)nnc2c1C. The van der Waals surface area contributed by atoms with Gasteiger partial charge in [0.25, 0.3) is 0 Å². The third-order valence-corrected chi connectivity index (χ3v) is 4.26. The van der Waals surface area contributed by atoms with E-state index in [-0.39, 0.29) is 0 Å². The van der Waals surface area contributed by atoms with Gasteiger partial charge in [-0.1, -0.05) is 39.7 Å². The van der Waals surface area contributed by atoms with E-state index in [9.17, 15) is 0 Å². The molecule has 0 aliphatic heterocycles. The second kappa shape index (κ2) is 5.14. The Labute approximate surface area is 129 Å². The first kappa shape index (κ1) is 13.5. The van der Waals surface area contributed by atoms with Crippen LogP contribution in [-0.4, -0.2) is 19.8 Å². The highest BCUT2D eigenvalue weighted by Gasteiger charge is 2.13. The molecule has 0 spiro atoms. The maximum atomic E-state index is 6.15. The summed E-state index contributed by atoms with van der Waals surface area (Å²) < 4.78 is 2.78. The van der Waals surface area contributed by atoms with Gasteiger partial charge in [-0.15, -0.1) is 10.2 Å². The largest absolute Gasteiger partial charge is 0.195 e. The Kier molecular flexibility index (Phi) is 3.48. The summed E-state index contributed by atoms with van der Waals surface area (Å²) in [5.41, 5.74) is 3.87. The molecule has 20 heavy (non-hydrogen) atoms. The van der Waals surface area contributed by atoms with Crippen LogP contribution in [0, 0.1) is 13.8 Å². The van der Waals surface area contributed by atoms with Gasteiger partial charge in [0.1, 0.15) is 0 Å². The molecule has 102 valence electrons. The first-order chi connectivity index (χ1) is 9.56.